The number of carboxylic acids is 1. The van der Waals surface area contributed by atoms with Gasteiger partial charge >= 0.3 is 5.97 Å². The highest BCUT2D eigenvalue weighted by atomic mass is 16.7. The lowest BCUT2D eigenvalue weighted by Gasteiger charge is -2.22. The van der Waals surface area contributed by atoms with E-state index < -0.39 is 5.97 Å². The van der Waals surface area contributed by atoms with E-state index in [0.717, 1.165) is 37.0 Å². The number of benzene rings is 1. The predicted molar refractivity (Wildman–Crippen MR) is 77.3 cm³/mol. The molecule has 1 unspecified atom stereocenters. The van der Waals surface area contributed by atoms with Gasteiger partial charge in [0.05, 0.1) is 25.4 Å². The molecule has 0 saturated carbocycles. The third-order valence-corrected chi connectivity index (χ3v) is 3.56. The highest BCUT2D eigenvalue weighted by Crippen LogP contribution is 2.16. The number of ether oxygens (including phenoxy) is 3. The fraction of sp³-hybridized carbons (Fsp3) is 0.562. The number of aryl methyl sites for hydroxylation is 1. The Balaban J connectivity index is 1.74. The van der Waals surface area contributed by atoms with Crippen molar-refractivity contribution in [2.24, 2.45) is 0 Å². The summed E-state index contributed by atoms with van der Waals surface area (Å²) in [5.41, 5.74) is 1.94. The molecule has 1 aromatic rings. The molecule has 0 radical (unpaired) electrons. The SMILES string of the molecule is Cc1cccc(C(=O)O)c1COCCOC1CCCCO1. The number of aromatic carboxylic acids is 1. The maximum absolute atomic E-state index is 11.2. The van der Waals surface area contributed by atoms with Gasteiger partial charge in [-0.25, -0.2) is 4.79 Å². The number of carboxylic acid groups (broad SMARTS) is 1. The quantitative estimate of drug-likeness (QED) is 0.783. The molecule has 0 bridgehead atoms. The van der Waals surface area contributed by atoms with Crippen LogP contribution in [0, 0.1) is 6.92 Å². The Kier molecular flexibility index (Phi) is 6.17. The Morgan fingerprint density at radius 2 is 2.24 bits per heavy atom. The van der Waals surface area contributed by atoms with Gasteiger partial charge in [0.25, 0.3) is 0 Å². The van der Waals surface area contributed by atoms with Gasteiger partial charge in [0.15, 0.2) is 6.29 Å². The van der Waals surface area contributed by atoms with Crippen LogP contribution in [0.3, 0.4) is 0 Å². The minimum absolute atomic E-state index is 0.115. The first-order valence-corrected chi connectivity index (χ1v) is 7.31. The first kappa shape index (κ1) is 15.9. The van der Waals surface area contributed by atoms with E-state index in [1.807, 2.05) is 13.0 Å². The van der Waals surface area contributed by atoms with Gasteiger partial charge in [0, 0.05) is 6.61 Å². The Morgan fingerprint density at radius 3 is 2.95 bits per heavy atom. The summed E-state index contributed by atoms with van der Waals surface area (Å²) in [6.07, 6.45) is 3.05. The van der Waals surface area contributed by atoms with Gasteiger partial charge in [0.1, 0.15) is 0 Å². The highest BCUT2D eigenvalue weighted by molar-refractivity contribution is 5.89. The van der Waals surface area contributed by atoms with E-state index in [4.69, 9.17) is 19.3 Å². The van der Waals surface area contributed by atoms with Crippen LogP contribution in [0.25, 0.3) is 0 Å². The average Bonchev–Trinajstić information content (AvgIpc) is 2.49. The van der Waals surface area contributed by atoms with Crippen molar-refractivity contribution < 1.29 is 24.1 Å². The summed E-state index contributed by atoms with van der Waals surface area (Å²) in [6.45, 7) is 3.81. The van der Waals surface area contributed by atoms with Crippen molar-refractivity contribution in [1.29, 1.82) is 0 Å². The monoisotopic (exact) mass is 294 g/mol. The standard InChI is InChI=1S/C16H22O5/c1-12-5-4-6-13(16(17)18)14(12)11-19-9-10-21-15-7-2-3-8-20-15/h4-6,15H,2-3,7-11H2,1H3,(H,17,18). The second-order valence-corrected chi connectivity index (χ2v) is 5.13. The molecule has 1 aliphatic rings. The minimum atomic E-state index is -0.927. The van der Waals surface area contributed by atoms with Crippen molar-refractivity contribution in [2.45, 2.75) is 39.1 Å². The molecule has 1 aliphatic heterocycles. The highest BCUT2D eigenvalue weighted by Gasteiger charge is 2.14. The van der Waals surface area contributed by atoms with Crippen LogP contribution >= 0.6 is 0 Å². The van der Waals surface area contributed by atoms with E-state index in [2.05, 4.69) is 0 Å². The number of hydrogen-bond donors (Lipinski definition) is 1. The normalized spacial score (nSPS) is 18.6. The van der Waals surface area contributed by atoms with Gasteiger partial charge in [0.2, 0.25) is 0 Å². The Bertz CT molecular complexity index is 466. The molecule has 2 rings (SSSR count). The molecular formula is C16H22O5. The van der Waals surface area contributed by atoms with E-state index >= 15 is 0 Å². The summed E-state index contributed by atoms with van der Waals surface area (Å²) < 4.78 is 16.6. The van der Waals surface area contributed by atoms with Crippen LogP contribution in [0.5, 0.6) is 0 Å². The maximum atomic E-state index is 11.2. The molecule has 116 valence electrons. The maximum Gasteiger partial charge on any atom is 0.336 e. The van der Waals surface area contributed by atoms with E-state index in [1.54, 1.807) is 12.1 Å². The number of carbonyl (C=O) groups is 1. The van der Waals surface area contributed by atoms with Gasteiger partial charge in [-0.2, -0.15) is 0 Å². The summed E-state index contributed by atoms with van der Waals surface area (Å²) in [5.74, 6) is -0.927. The molecule has 1 saturated heterocycles. The van der Waals surface area contributed by atoms with Crippen LogP contribution in [0.15, 0.2) is 18.2 Å². The van der Waals surface area contributed by atoms with E-state index in [0.29, 0.717) is 18.8 Å². The first-order chi connectivity index (χ1) is 10.2. The van der Waals surface area contributed by atoms with Gasteiger partial charge in [-0.3, -0.25) is 0 Å². The van der Waals surface area contributed by atoms with Crippen LogP contribution in [0.4, 0.5) is 0 Å². The number of hydrogen-bond acceptors (Lipinski definition) is 4. The molecule has 5 nitrogen and oxygen atoms in total. The van der Waals surface area contributed by atoms with E-state index in [-0.39, 0.29) is 12.9 Å². The summed E-state index contributed by atoms with van der Waals surface area (Å²) in [4.78, 5) is 11.2. The van der Waals surface area contributed by atoms with Crippen LogP contribution in [0.1, 0.15) is 40.7 Å². The molecule has 0 aliphatic carbocycles. The Hall–Kier alpha value is -1.43. The molecule has 1 atom stereocenters. The van der Waals surface area contributed by atoms with Crippen molar-refractivity contribution in [3.63, 3.8) is 0 Å². The molecular weight excluding hydrogens is 272 g/mol. The fourth-order valence-electron chi connectivity index (χ4n) is 2.35. The summed E-state index contributed by atoms with van der Waals surface area (Å²) in [6, 6.07) is 5.23. The summed E-state index contributed by atoms with van der Waals surface area (Å²) >= 11 is 0. The van der Waals surface area contributed by atoms with Crippen molar-refractivity contribution in [3.05, 3.63) is 34.9 Å². The van der Waals surface area contributed by atoms with Crippen molar-refractivity contribution in [1.82, 2.24) is 0 Å². The Morgan fingerprint density at radius 1 is 1.38 bits per heavy atom. The van der Waals surface area contributed by atoms with Crippen LogP contribution < -0.4 is 0 Å². The molecule has 5 heteroatoms. The summed E-state index contributed by atoms with van der Waals surface area (Å²) in [5, 5.41) is 9.17. The van der Waals surface area contributed by atoms with Crippen LogP contribution in [-0.4, -0.2) is 37.2 Å². The fourth-order valence-corrected chi connectivity index (χ4v) is 2.35. The van der Waals surface area contributed by atoms with Gasteiger partial charge < -0.3 is 19.3 Å². The van der Waals surface area contributed by atoms with Crippen molar-refractivity contribution in [2.75, 3.05) is 19.8 Å². The van der Waals surface area contributed by atoms with Crippen LogP contribution in [-0.2, 0) is 20.8 Å². The van der Waals surface area contributed by atoms with Crippen molar-refractivity contribution >= 4 is 5.97 Å². The second kappa shape index (κ2) is 8.12. The topological polar surface area (TPSA) is 65.0 Å². The molecule has 0 amide bonds. The number of rotatable bonds is 7. The Labute approximate surface area is 124 Å². The second-order valence-electron chi connectivity index (χ2n) is 5.13. The van der Waals surface area contributed by atoms with Gasteiger partial charge in [-0.05, 0) is 43.4 Å². The van der Waals surface area contributed by atoms with Crippen molar-refractivity contribution in [3.8, 4) is 0 Å². The van der Waals surface area contributed by atoms with Gasteiger partial charge in [-0.1, -0.05) is 12.1 Å². The smallest absolute Gasteiger partial charge is 0.336 e. The summed E-state index contributed by atoms with van der Waals surface area (Å²) in [7, 11) is 0. The zero-order chi connectivity index (χ0) is 15.1. The molecule has 21 heavy (non-hydrogen) atoms. The molecule has 1 aromatic carbocycles. The molecule has 1 N–H and O–H groups in total. The van der Waals surface area contributed by atoms with Crippen LogP contribution in [0.2, 0.25) is 0 Å². The largest absolute Gasteiger partial charge is 0.478 e. The third-order valence-electron chi connectivity index (χ3n) is 3.56. The zero-order valence-corrected chi connectivity index (χ0v) is 12.3. The lowest BCUT2D eigenvalue weighted by Crippen LogP contribution is -2.24. The molecule has 1 fully saturated rings. The molecule has 1 heterocycles. The first-order valence-electron chi connectivity index (χ1n) is 7.31. The minimum Gasteiger partial charge on any atom is -0.478 e. The lowest BCUT2D eigenvalue weighted by molar-refractivity contribution is -0.169. The van der Waals surface area contributed by atoms with E-state index in [1.165, 1.54) is 0 Å². The zero-order valence-electron chi connectivity index (χ0n) is 12.3. The third kappa shape index (κ3) is 4.81. The average molecular weight is 294 g/mol. The lowest BCUT2D eigenvalue weighted by atomic mass is 10.0. The molecule has 0 aromatic heterocycles. The van der Waals surface area contributed by atoms with E-state index in [9.17, 15) is 4.79 Å². The predicted octanol–water partition coefficient (Wildman–Crippen LogP) is 2.75. The van der Waals surface area contributed by atoms with Gasteiger partial charge in [-0.15, -0.1) is 0 Å². The molecule has 0 spiro atoms.